The summed E-state index contributed by atoms with van der Waals surface area (Å²) in [5, 5.41) is 2.86. The molecule has 0 aromatic heterocycles. The molecule has 2 rings (SSSR count). The molecule has 1 N–H and O–H groups in total. The smallest absolute Gasteiger partial charge is 0.416 e. The number of carbonyl (C=O) groups is 2. The molecule has 8 nitrogen and oxygen atoms in total. The van der Waals surface area contributed by atoms with E-state index in [2.05, 4.69) is 5.32 Å². The Morgan fingerprint density at radius 2 is 1.67 bits per heavy atom. The van der Waals surface area contributed by atoms with Gasteiger partial charge >= 0.3 is 6.18 Å². The number of nitrogens with zero attached hydrogens (tertiary/aromatic N) is 2. The van der Waals surface area contributed by atoms with E-state index in [1.807, 2.05) is 20.8 Å². The lowest BCUT2D eigenvalue weighted by atomic mass is 10.1. The number of methoxy groups -OCH3 is 1. The van der Waals surface area contributed by atoms with Crippen molar-refractivity contribution in [1.82, 2.24) is 10.2 Å². The van der Waals surface area contributed by atoms with Crippen LogP contribution in [0.25, 0.3) is 0 Å². The Labute approximate surface area is 228 Å². The third-order valence-corrected chi connectivity index (χ3v) is 6.99. The number of benzene rings is 2. The van der Waals surface area contributed by atoms with E-state index in [1.165, 1.54) is 18.1 Å². The van der Waals surface area contributed by atoms with Crippen molar-refractivity contribution in [2.24, 2.45) is 0 Å². The standard InChI is InChI=1S/C27H36F3N3O5S/c1-19(25(35)31-26(2,3)4)32(18-20-12-14-23(38-5)15-13-20)24(34)11-8-16-33(39(6,36)37)22-10-7-9-21(17-22)27(28,29)30/h7,9-10,12-15,17,19H,8,11,16,18H2,1-6H3,(H,31,35)/t19-/m0/s1. The van der Waals surface area contributed by atoms with Crippen LogP contribution < -0.4 is 14.4 Å². The van der Waals surface area contributed by atoms with E-state index in [9.17, 15) is 31.2 Å². The number of rotatable bonds is 11. The molecular weight excluding hydrogens is 535 g/mol. The maximum Gasteiger partial charge on any atom is 0.416 e. The van der Waals surface area contributed by atoms with Crippen molar-refractivity contribution in [2.45, 2.75) is 64.8 Å². The van der Waals surface area contributed by atoms with Crippen molar-refractivity contribution >= 4 is 27.5 Å². The number of amides is 2. The topological polar surface area (TPSA) is 96.0 Å². The van der Waals surface area contributed by atoms with Crippen LogP contribution in [0.2, 0.25) is 0 Å². The fraction of sp³-hybridized carbons (Fsp3) is 0.481. The molecule has 39 heavy (non-hydrogen) atoms. The van der Waals surface area contributed by atoms with Gasteiger partial charge in [0.1, 0.15) is 11.8 Å². The minimum Gasteiger partial charge on any atom is -0.497 e. The molecule has 2 aromatic carbocycles. The minimum absolute atomic E-state index is 0.0227. The highest BCUT2D eigenvalue weighted by atomic mass is 32.2. The van der Waals surface area contributed by atoms with Crippen molar-refractivity contribution in [1.29, 1.82) is 0 Å². The predicted molar refractivity (Wildman–Crippen MR) is 144 cm³/mol. The summed E-state index contributed by atoms with van der Waals surface area (Å²) in [7, 11) is -2.41. The van der Waals surface area contributed by atoms with Crippen molar-refractivity contribution in [3.8, 4) is 5.75 Å². The molecule has 0 saturated carbocycles. The molecule has 2 amide bonds. The van der Waals surface area contributed by atoms with Crippen molar-refractivity contribution in [3.63, 3.8) is 0 Å². The molecule has 0 bridgehead atoms. The second kappa shape index (κ2) is 12.7. The Kier molecular flexibility index (Phi) is 10.4. The first-order valence-corrected chi connectivity index (χ1v) is 14.2. The second-order valence-corrected chi connectivity index (χ2v) is 12.2. The third-order valence-electron chi connectivity index (χ3n) is 5.79. The van der Waals surface area contributed by atoms with Crippen LogP contribution in [-0.4, -0.2) is 56.6 Å². The second-order valence-electron chi connectivity index (χ2n) is 10.3. The molecule has 1 atom stereocenters. The summed E-state index contributed by atoms with van der Waals surface area (Å²) in [4.78, 5) is 27.6. The van der Waals surface area contributed by atoms with E-state index in [4.69, 9.17) is 4.74 Å². The van der Waals surface area contributed by atoms with Crippen LogP contribution in [-0.2, 0) is 32.3 Å². The predicted octanol–water partition coefficient (Wildman–Crippen LogP) is 4.59. The number of nitrogens with one attached hydrogen (secondary N) is 1. The van der Waals surface area contributed by atoms with E-state index in [0.29, 0.717) is 5.75 Å². The fourth-order valence-electron chi connectivity index (χ4n) is 3.83. The summed E-state index contributed by atoms with van der Waals surface area (Å²) < 4.78 is 70.4. The van der Waals surface area contributed by atoms with E-state index in [1.54, 1.807) is 31.2 Å². The number of alkyl halides is 3. The number of sulfonamides is 1. The van der Waals surface area contributed by atoms with Gasteiger partial charge in [0.25, 0.3) is 0 Å². The SMILES string of the molecule is COc1ccc(CN(C(=O)CCCN(c2cccc(C(F)(F)F)c2)S(C)(=O)=O)[C@@H](C)C(=O)NC(C)(C)C)cc1. The van der Waals surface area contributed by atoms with Crippen LogP contribution in [0.4, 0.5) is 18.9 Å². The monoisotopic (exact) mass is 571 g/mol. The number of anilines is 1. The van der Waals surface area contributed by atoms with Crippen molar-refractivity contribution in [2.75, 3.05) is 24.2 Å². The lowest BCUT2D eigenvalue weighted by molar-refractivity contribution is -0.141. The highest BCUT2D eigenvalue weighted by Gasteiger charge is 2.32. The molecule has 0 aliphatic heterocycles. The van der Waals surface area contributed by atoms with E-state index in [0.717, 1.165) is 34.3 Å². The van der Waals surface area contributed by atoms with Crippen molar-refractivity contribution < 1.29 is 35.9 Å². The van der Waals surface area contributed by atoms with Gasteiger partial charge in [-0.05, 0) is 70.0 Å². The molecule has 2 aromatic rings. The molecule has 0 unspecified atom stereocenters. The zero-order chi connectivity index (χ0) is 29.6. The lowest BCUT2D eigenvalue weighted by Gasteiger charge is -2.32. The van der Waals surface area contributed by atoms with Gasteiger partial charge < -0.3 is 15.0 Å². The first-order chi connectivity index (χ1) is 17.9. The Morgan fingerprint density at radius 3 is 2.18 bits per heavy atom. The van der Waals surface area contributed by atoms with Crippen LogP contribution in [0, 0.1) is 0 Å². The normalized spacial score (nSPS) is 12.9. The Hall–Kier alpha value is -3.28. The van der Waals surface area contributed by atoms with Gasteiger partial charge in [-0.1, -0.05) is 18.2 Å². The Morgan fingerprint density at radius 1 is 1.05 bits per heavy atom. The Balaban J connectivity index is 2.24. The van der Waals surface area contributed by atoms with Crippen LogP contribution in [0.5, 0.6) is 5.75 Å². The van der Waals surface area contributed by atoms with Gasteiger partial charge in [0.2, 0.25) is 21.8 Å². The van der Waals surface area contributed by atoms with Crippen LogP contribution in [0.1, 0.15) is 51.7 Å². The maximum atomic E-state index is 13.3. The van der Waals surface area contributed by atoms with Crippen LogP contribution >= 0.6 is 0 Å². The first-order valence-electron chi connectivity index (χ1n) is 12.3. The summed E-state index contributed by atoms with van der Waals surface area (Å²) in [5.74, 6) is -0.128. The maximum absolute atomic E-state index is 13.3. The number of carbonyl (C=O) groups excluding carboxylic acids is 2. The average Bonchev–Trinajstić information content (AvgIpc) is 2.82. The summed E-state index contributed by atoms with van der Waals surface area (Å²) in [5.41, 5.74) is -0.899. The van der Waals surface area contributed by atoms with E-state index >= 15 is 0 Å². The zero-order valence-electron chi connectivity index (χ0n) is 23.0. The van der Waals surface area contributed by atoms with Gasteiger partial charge in [0, 0.05) is 25.0 Å². The Bertz CT molecular complexity index is 1240. The number of halogens is 3. The molecule has 12 heteroatoms. The largest absolute Gasteiger partial charge is 0.497 e. The molecule has 0 heterocycles. The summed E-state index contributed by atoms with van der Waals surface area (Å²) in [6.07, 6.45) is -3.85. The molecule has 216 valence electrons. The molecular formula is C27H36F3N3O5S. The van der Waals surface area contributed by atoms with Gasteiger partial charge in [0.15, 0.2) is 0 Å². The molecule has 0 radical (unpaired) electrons. The summed E-state index contributed by atoms with van der Waals surface area (Å²) in [6, 6.07) is 10.2. The molecule has 0 fully saturated rings. The lowest BCUT2D eigenvalue weighted by Crippen LogP contribution is -2.52. The van der Waals surface area contributed by atoms with Gasteiger partial charge in [-0.25, -0.2) is 8.42 Å². The third kappa shape index (κ3) is 9.76. The zero-order valence-corrected chi connectivity index (χ0v) is 23.8. The molecule has 0 spiro atoms. The van der Waals surface area contributed by atoms with Gasteiger partial charge in [0.05, 0.1) is 24.6 Å². The number of hydrogen-bond donors (Lipinski definition) is 1. The average molecular weight is 572 g/mol. The summed E-state index contributed by atoms with van der Waals surface area (Å²) in [6.45, 7) is 6.96. The number of ether oxygens (including phenoxy) is 1. The fourth-order valence-corrected chi connectivity index (χ4v) is 4.78. The van der Waals surface area contributed by atoms with Crippen LogP contribution in [0.15, 0.2) is 48.5 Å². The van der Waals surface area contributed by atoms with E-state index < -0.39 is 39.3 Å². The first kappa shape index (κ1) is 31.9. The van der Waals surface area contributed by atoms with Crippen LogP contribution in [0.3, 0.4) is 0 Å². The van der Waals surface area contributed by atoms with E-state index in [-0.39, 0.29) is 37.5 Å². The minimum atomic E-state index is -4.64. The highest BCUT2D eigenvalue weighted by molar-refractivity contribution is 7.92. The quantitative estimate of drug-likeness (QED) is 0.426. The number of hydrogen-bond acceptors (Lipinski definition) is 5. The highest BCUT2D eigenvalue weighted by Crippen LogP contribution is 2.32. The molecule has 0 aliphatic carbocycles. The molecule has 0 aliphatic rings. The summed E-state index contributed by atoms with van der Waals surface area (Å²) >= 11 is 0. The van der Waals surface area contributed by atoms with Gasteiger partial charge in [-0.2, -0.15) is 13.2 Å². The van der Waals surface area contributed by atoms with Gasteiger partial charge in [-0.15, -0.1) is 0 Å². The molecule has 0 saturated heterocycles. The van der Waals surface area contributed by atoms with Crippen molar-refractivity contribution in [3.05, 3.63) is 59.7 Å². The van der Waals surface area contributed by atoms with Gasteiger partial charge in [-0.3, -0.25) is 13.9 Å².